The molecule has 0 radical (unpaired) electrons. The summed E-state index contributed by atoms with van der Waals surface area (Å²) in [7, 11) is 0. The van der Waals surface area contributed by atoms with Crippen LogP contribution in [0.1, 0.15) is 15.9 Å². The first-order chi connectivity index (χ1) is 11.9. The lowest BCUT2D eigenvalue weighted by atomic mass is 10.2. The highest BCUT2D eigenvalue weighted by Gasteiger charge is 2.18. The Balaban J connectivity index is 1.94. The molecule has 0 saturated heterocycles. The molecule has 3 rings (SSSR count). The predicted molar refractivity (Wildman–Crippen MR) is 83.5 cm³/mol. The smallest absolute Gasteiger partial charge is 0.276 e. The molecule has 2 aromatic heterocycles. The van der Waals surface area contributed by atoms with Gasteiger partial charge in [-0.05, 0) is 6.07 Å². The number of carbonyl (C=O) groups excluding carboxylic acids is 1. The zero-order valence-corrected chi connectivity index (χ0v) is 12.5. The van der Waals surface area contributed by atoms with Gasteiger partial charge in [0.15, 0.2) is 11.3 Å². The number of aromatic amines is 1. The number of halogens is 2. The summed E-state index contributed by atoms with van der Waals surface area (Å²) < 4.78 is 27.6. The van der Waals surface area contributed by atoms with Crippen molar-refractivity contribution in [1.82, 2.24) is 14.7 Å². The molecule has 0 fully saturated rings. The topological polar surface area (TPSA) is 104 Å². The fourth-order valence-corrected chi connectivity index (χ4v) is 2.32. The summed E-state index contributed by atoms with van der Waals surface area (Å²) in [6.07, 6.45) is 3.70. The number of fused-ring (bicyclic) bond motifs is 1. The lowest BCUT2D eigenvalue weighted by molar-refractivity contribution is 0.0948. The maximum atomic E-state index is 13.6. The van der Waals surface area contributed by atoms with Crippen LogP contribution in [0.2, 0.25) is 0 Å². The van der Waals surface area contributed by atoms with Crippen LogP contribution in [0, 0.1) is 11.6 Å². The van der Waals surface area contributed by atoms with Crippen LogP contribution < -0.4 is 16.3 Å². The number of hydrogen-bond donors (Lipinski definition) is 3. The number of amides is 1. The molecule has 1 aromatic carbocycles. The number of hydrogen-bond acceptors (Lipinski definition) is 4. The summed E-state index contributed by atoms with van der Waals surface area (Å²) in [6, 6.07) is 2.87. The van der Waals surface area contributed by atoms with Gasteiger partial charge in [0.05, 0.1) is 0 Å². The molecule has 1 amide bonds. The van der Waals surface area contributed by atoms with Gasteiger partial charge in [-0.1, -0.05) is 6.07 Å². The Labute approximate surface area is 138 Å². The Hall–Kier alpha value is -3.49. The van der Waals surface area contributed by atoms with Crippen LogP contribution >= 0.6 is 0 Å². The van der Waals surface area contributed by atoms with E-state index in [2.05, 4.69) is 10.3 Å². The first-order valence-corrected chi connectivity index (χ1v) is 7.06. The second-order valence-electron chi connectivity index (χ2n) is 5.18. The van der Waals surface area contributed by atoms with Gasteiger partial charge in [-0.3, -0.25) is 14.4 Å². The average Bonchev–Trinajstić information content (AvgIpc) is 2.57. The summed E-state index contributed by atoms with van der Waals surface area (Å²) in [4.78, 5) is 38.2. The number of nitrogens with zero attached hydrogens (tertiary/aromatic N) is 1. The summed E-state index contributed by atoms with van der Waals surface area (Å²) >= 11 is 0. The first-order valence-electron chi connectivity index (χ1n) is 7.06. The van der Waals surface area contributed by atoms with E-state index in [9.17, 15) is 28.3 Å². The third kappa shape index (κ3) is 2.99. The molecule has 0 saturated carbocycles. The van der Waals surface area contributed by atoms with Crippen molar-refractivity contribution in [1.29, 1.82) is 0 Å². The van der Waals surface area contributed by atoms with Gasteiger partial charge >= 0.3 is 0 Å². The zero-order valence-electron chi connectivity index (χ0n) is 12.5. The predicted octanol–water partition coefficient (Wildman–Crippen LogP) is 0.902. The molecular formula is C16H11F2N3O4. The highest BCUT2D eigenvalue weighted by Crippen LogP contribution is 2.11. The standard InChI is InChI=1S/C16H11F2N3O4/c17-9-2-1-8(11(18)5-9)6-20-15(24)10-7-21-4-3-19-16(25)12(21)14(23)13(10)22/h1-5,7,23H,6H2,(H,19,25)(H,20,24). The quantitative estimate of drug-likeness (QED) is 0.655. The number of benzene rings is 1. The van der Waals surface area contributed by atoms with Gasteiger partial charge in [-0.2, -0.15) is 0 Å². The van der Waals surface area contributed by atoms with Crippen LogP contribution in [0.25, 0.3) is 5.52 Å². The van der Waals surface area contributed by atoms with E-state index in [-0.39, 0.29) is 17.6 Å². The number of nitrogens with one attached hydrogen (secondary N) is 2. The molecule has 0 unspecified atom stereocenters. The van der Waals surface area contributed by atoms with Crippen LogP contribution in [-0.2, 0) is 6.54 Å². The minimum absolute atomic E-state index is 0.0244. The number of aromatic nitrogens is 2. The summed E-state index contributed by atoms with van der Waals surface area (Å²) in [5.74, 6) is -3.35. The van der Waals surface area contributed by atoms with Crippen molar-refractivity contribution in [3.8, 4) is 5.75 Å². The second kappa shape index (κ2) is 6.19. The van der Waals surface area contributed by atoms with Crippen molar-refractivity contribution >= 4 is 11.4 Å². The van der Waals surface area contributed by atoms with Crippen molar-refractivity contribution < 1.29 is 18.7 Å². The van der Waals surface area contributed by atoms with Crippen LogP contribution in [0.4, 0.5) is 8.78 Å². The Morgan fingerprint density at radius 3 is 2.76 bits per heavy atom. The first kappa shape index (κ1) is 16.4. The van der Waals surface area contributed by atoms with Crippen LogP contribution in [0.15, 0.2) is 46.4 Å². The molecule has 25 heavy (non-hydrogen) atoms. The highest BCUT2D eigenvalue weighted by molar-refractivity contribution is 5.94. The van der Waals surface area contributed by atoms with Crippen molar-refractivity contribution in [2.24, 2.45) is 0 Å². The third-order valence-corrected chi connectivity index (χ3v) is 3.57. The Morgan fingerprint density at radius 2 is 2.04 bits per heavy atom. The number of H-pyrrole nitrogens is 1. The van der Waals surface area contributed by atoms with Crippen molar-refractivity contribution in [3.05, 3.63) is 80.1 Å². The molecule has 128 valence electrons. The molecule has 0 bridgehead atoms. The zero-order chi connectivity index (χ0) is 18.1. The van der Waals surface area contributed by atoms with Gasteiger partial charge in [0.1, 0.15) is 17.2 Å². The summed E-state index contributed by atoms with van der Waals surface area (Å²) in [5, 5.41) is 12.2. The highest BCUT2D eigenvalue weighted by atomic mass is 19.1. The molecule has 3 N–H and O–H groups in total. The normalized spacial score (nSPS) is 10.8. The van der Waals surface area contributed by atoms with Gasteiger partial charge < -0.3 is 19.8 Å². The lowest BCUT2D eigenvalue weighted by Gasteiger charge is -2.08. The van der Waals surface area contributed by atoms with Crippen LogP contribution in [0.5, 0.6) is 5.75 Å². The van der Waals surface area contributed by atoms with Crippen LogP contribution in [0.3, 0.4) is 0 Å². The van der Waals surface area contributed by atoms with E-state index in [1.807, 2.05) is 0 Å². The monoisotopic (exact) mass is 347 g/mol. The van der Waals surface area contributed by atoms with Gasteiger partial charge in [0, 0.05) is 36.8 Å². The minimum atomic E-state index is -1.03. The Bertz CT molecular complexity index is 1100. The van der Waals surface area contributed by atoms with Crippen molar-refractivity contribution in [2.45, 2.75) is 6.54 Å². The van der Waals surface area contributed by atoms with Gasteiger partial charge in [-0.15, -0.1) is 0 Å². The maximum absolute atomic E-state index is 13.6. The van der Waals surface area contributed by atoms with Crippen molar-refractivity contribution in [3.63, 3.8) is 0 Å². The maximum Gasteiger partial charge on any atom is 0.276 e. The summed E-state index contributed by atoms with van der Waals surface area (Å²) in [6.45, 7) is -0.288. The van der Waals surface area contributed by atoms with Gasteiger partial charge in [0.25, 0.3) is 11.5 Å². The second-order valence-corrected chi connectivity index (χ2v) is 5.18. The lowest BCUT2D eigenvalue weighted by Crippen LogP contribution is -2.30. The Morgan fingerprint density at radius 1 is 1.28 bits per heavy atom. The van der Waals surface area contributed by atoms with Gasteiger partial charge in [-0.25, -0.2) is 8.78 Å². The molecule has 0 spiro atoms. The molecule has 0 aliphatic rings. The van der Waals surface area contributed by atoms with E-state index >= 15 is 0 Å². The molecule has 9 heteroatoms. The van der Waals surface area contributed by atoms with E-state index in [1.54, 1.807) is 0 Å². The largest absolute Gasteiger partial charge is 0.503 e. The molecule has 2 heterocycles. The number of aromatic hydroxyl groups is 1. The van der Waals surface area contributed by atoms with Crippen molar-refractivity contribution in [2.75, 3.05) is 0 Å². The minimum Gasteiger partial charge on any atom is -0.503 e. The fourth-order valence-electron chi connectivity index (χ4n) is 2.32. The summed E-state index contributed by atoms with van der Waals surface area (Å²) in [5.41, 5.74) is -2.43. The number of carbonyl (C=O) groups is 1. The Kier molecular flexibility index (Phi) is 4.05. The van der Waals surface area contributed by atoms with E-state index in [1.165, 1.54) is 12.4 Å². The van der Waals surface area contributed by atoms with Gasteiger partial charge in [0.2, 0.25) is 5.43 Å². The molecule has 0 atom stereocenters. The van der Waals surface area contributed by atoms with E-state index in [0.29, 0.717) is 6.07 Å². The molecular weight excluding hydrogens is 336 g/mol. The fraction of sp³-hybridized carbons (Fsp3) is 0.0625. The third-order valence-electron chi connectivity index (χ3n) is 3.57. The molecule has 3 aromatic rings. The SMILES string of the molecule is O=C(NCc1ccc(F)cc1F)c1cn2cc[nH]c(=O)c2c(O)c1=O. The molecule has 0 aliphatic heterocycles. The number of pyridine rings is 1. The number of rotatable bonds is 3. The van der Waals surface area contributed by atoms with E-state index < -0.39 is 39.8 Å². The average molecular weight is 347 g/mol. The molecule has 7 nitrogen and oxygen atoms in total. The van der Waals surface area contributed by atoms with E-state index in [0.717, 1.165) is 22.7 Å². The van der Waals surface area contributed by atoms with E-state index in [4.69, 9.17) is 0 Å². The van der Waals surface area contributed by atoms with Crippen LogP contribution in [-0.4, -0.2) is 20.4 Å². The molecule has 0 aliphatic carbocycles.